The molecule has 1 unspecified atom stereocenters. The molecule has 1 atom stereocenters. The average molecular weight is 508 g/mol. The van der Waals surface area contributed by atoms with Crippen molar-refractivity contribution in [2.45, 2.75) is 72.1 Å². The molecule has 3 rings (SSSR count). The Labute approximate surface area is 219 Å². The molecule has 1 aliphatic carbocycles. The number of rotatable bonds is 9. The van der Waals surface area contributed by atoms with Crippen LogP contribution < -0.4 is 10.1 Å². The average Bonchev–Trinajstić information content (AvgIpc) is 3.08. The number of alkyl carbamates (subject to hydrolysis) is 1. The van der Waals surface area contributed by atoms with Crippen LogP contribution in [0.2, 0.25) is 0 Å². The zero-order chi connectivity index (χ0) is 27.2. The number of benzene rings is 2. The van der Waals surface area contributed by atoms with Crippen LogP contribution in [0.1, 0.15) is 64.7 Å². The number of allylic oxidation sites excluding steroid dienone is 2. The Kier molecular flexibility index (Phi) is 8.69. The Balaban J connectivity index is 1.93. The normalized spacial score (nSPS) is 17.3. The molecular formula is C30H37NO6. The maximum absolute atomic E-state index is 12.2. The first kappa shape index (κ1) is 27.8. The smallest absolute Gasteiger partial charge is 0.407 e. The van der Waals surface area contributed by atoms with E-state index in [-0.39, 0.29) is 24.7 Å². The van der Waals surface area contributed by atoms with Crippen LogP contribution in [-0.2, 0) is 27.2 Å². The van der Waals surface area contributed by atoms with Crippen LogP contribution in [0.3, 0.4) is 0 Å². The summed E-state index contributed by atoms with van der Waals surface area (Å²) in [7, 11) is 0. The lowest BCUT2D eigenvalue weighted by molar-refractivity contribution is -0.142. The quantitative estimate of drug-likeness (QED) is 0.388. The molecule has 1 amide bonds. The highest BCUT2D eigenvalue weighted by atomic mass is 16.6. The summed E-state index contributed by atoms with van der Waals surface area (Å²) in [5.41, 5.74) is 2.09. The van der Waals surface area contributed by atoms with Gasteiger partial charge in [0.1, 0.15) is 17.1 Å². The Morgan fingerprint density at radius 1 is 1.00 bits per heavy atom. The molecule has 0 spiro atoms. The molecule has 0 fully saturated rings. The molecule has 1 aliphatic rings. The number of hydrogen-bond donors (Lipinski definition) is 2. The van der Waals surface area contributed by atoms with Crippen LogP contribution >= 0.6 is 0 Å². The van der Waals surface area contributed by atoms with Gasteiger partial charge in [0.25, 0.3) is 0 Å². The predicted molar refractivity (Wildman–Crippen MR) is 143 cm³/mol. The van der Waals surface area contributed by atoms with Crippen molar-refractivity contribution < 1.29 is 28.9 Å². The number of carbonyl (C=O) groups is 2. The molecule has 0 aliphatic heterocycles. The first-order valence-corrected chi connectivity index (χ1v) is 12.6. The lowest BCUT2D eigenvalue weighted by Crippen LogP contribution is -2.35. The fourth-order valence-electron chi connectivity index (χ4n) is 4.30. The Bertz CT molecular complexity index is 1210. The molecular weight excluding hydrogens is 470 g/mol. The lowest BCUT2D eigenvalue weighted by Gasteiger charge is -2.30. The number of amides is 1. The minimum Gasteiger partial charge on any atom is -0.507 e. The van der Waals surface area contributed by atoms with Gasteiger partial charge in [0, 0.05) is 17.7 Å². The third-order valence-electron chi connectivity index (χ3n) is 6.08. The third kappa shape index (κ3) is 6.73. The van der Waals surface area contributed by atoms with Gasteiger partial charge in [-0.3, -0.25) is 4.79 Å². The summed E-state index contributed by atoms with van der Waals surface area (Å²) in [5.74, 6) is 0.235. The number of nitrogens with one attached hydrogen (secondary N) is 1. The number of aliphatic hydroxyl groups is 1. The minimum atomic E-state index is -1.12. The molecule has 37 heavy (non-hydrogen) atoms. The standard InChI is InChI=1S/C30H37NO6/c1-7-22-18-24(23-15-11-9-14-21(23)19-31-28(34)37-29(3,4)5)27(33)30(22,6)36-25-16-12-10-13-20(25)17-26(32)35-8-2/h9-16,18,33H,7-8,17,19H2,1-6H3,(H,31,34). The van der Waals surface area contributed by atoms with Crippen molar-refractivity contribution in [1.82, 2.24) is 5.32 Å². The summed E-state index contributed by atoms with van der Waals surface area (Å²) >= 11 is 0. The Morgan fingerprint density at radius 3 is 2.30 bits per heavy atom. The second-order valence-corrected chi connectivity index (χ2v) is 10.0. The number of aliphatic hydroxyl groups excluding tert-OH is 1. The van der Waals surface area contributed by atoms with E-state index in [4.69, 9.17) is 14.2 Å². The number of esters is 1. The minimum absolute atomic E-state index is 0.0694. The molecule has 2 N–H and O–H groups in total. The van der Waals surface area contributed by atoms with Crippen molar-refractivity contribution in [3.8, 4) is 5.75 Å². The van der Waals surface area contributed by atoms with Crippen LogP contribution in [0.5, 0.6) is 5.75 Å². The van der Waals surface area contributed by atoms with Gasteiger partial charge in [-0.05, 0) is 69.9 Å². The largest absolute Gasteiger partial charge is 0.507 e. The van der Waals surface area contributed by atoms with E-state index in [2.05, 4.69) is 5.32 Å². The Morgan fingerprint density at radius 2 is 1.65 bits per heavy atom. The predicted octanol–water partition coefficient (Wildman–Crippen LogP) is 6.27. The first-order chi connectivity index (χ1) is 17.5. The van der Waals surface area contributed by atoms with Gasteiger partial charge in [0.2, 0.25) is 0 Å². The van der Waals surface area contributed by atoms with Crippen molar-refractivity contribution in [2.24, 2.45) is 0 Å². The van der Waals surface area contributed by atoms with Crippen LogP contribution in [0.25, 0.3) is 5.57 Å². The van der Waals surface area contributed by atoms with E-state index in [1.165, 1.54) is 0 Å². The summed E-state index contributed by atoms with van der Waals surface area (Å²) in [5, 5.41) is 14.3. The van der Waals surface area contributed by atoms with Gasteiger partial charge in [0.05, 0.1) is 13.0 Å². The summed E-state index contributed by atoms with van der Waals surface area (Å²) in [6.07, 6.45) is 2.14. The van der Waals surface area contributed by atoms with Crippen molar-refractivity contribution >= 4 is 17.6 Å². The van der Waals surface area contributed by atoms with E-state index in [1.54, 1.807) is 13.0 Å². The van der Waals surface area contributed by atoms with Gasteiger partial charge in [-0.25, -0.2) is 4.79 Å². The van der Waals surface area contributed by atoms with Gasteiger partial charge < -0.3 is 24.6 Å². The van der Waals surface area contributed by atoms with Crippen molar-refractivity contribution in [1.29, 1.82) is 0 Å². The highest BCUT2D eigenvalue weighted by molar-refractivity contribution is 5.84. The summed E-state index contributed by atoms with van der Waals surface area (Å²) in [6, 6.07) is 14.8. The Hall–Kier alpha value is -3.74. The highest BCUT2D eigenvalue weighted by Crippen LogP contribution is 2.44. The molecule has 0 heterocycles. The highest BCUT2D eigenvalue weighted by Gasteiger charge is 2.42. The van der Waals surface area contributed by atoms with Gasteiger partial charge in [0.15, 0.2) is 5.60 Å². The summed E-state index contributed by atoms with van der Waals surface area (Å²) in [6.45, 7) is 11.6. The maximum Gasteiger partial charge on any atom is 0.407 e. The molecule has 198 valence electrons. The zero-order valence-electron chi connectivity index (χ0n) is 22.5. The van der Waals surface area contributed by atoms with Crippen molar-refractivity contribution in [3.63, 3.8) is 0 Å². The molecule has 0 radical (unpaired) electrons. The fourth-order valence-corrected chi connectivity index (χ4v) is 4.30. The van der Waals surface area contributed by atoms with Crippen LogP contribution in [0.4, 0.5) is 4.79 Å². The van der Waals surface area contributed by atoms with Crippen LogP contribution in [0, 0.1) is 0 Å². The first-order valence-electron chi connectivity index (χ1n) is 12.6. The number of carbonyl (C=O) groups excluding carboxylic acids is 2. The molecule has 0 saturated heterocycles. The fraction of sp³-hybridized carbons (Fsp3) is 0.400. The van der Waals surface area contributed by atoms with E-state index in [0.717, 1.165) is 16.7 Å². The number of para-hydroxylation sites is 1. The SMILES string of the molecule is CCOC(=O)Cc1ccccc1OC1(C)C(CC)=CC(c2ccccc2CNC(=O)OC(C)(C)C)=C1O. The lowest BCUT2D eigenvalue weighted by atomic mass is 9.94. The molecule has 7 nitrogen and oxygen atoms in total. The zero-order valence-corrected chi connectivity index (χ0v) is 22.5. The van der Waals surface area contributed by atoms with Gasteiger partial charge >= 0.3 is 12.1 Å². The molecule has 7 heteroatoms. The summed E-state index contributed by atoms with van der Waals surface area (Å²) < 4.78 is 16.9. The van der Waals surface area contributed by atoms with Gasteiger partial charge in [-0.1, -0.05) is 49.4 Å². The van der Waals surface area contributed by atoms with Crippen LogP contribution in [0.15, 0.2) is 65.9 Å². The van der Waals surface area contributed by atoms with E-state index in [0.29, 0.717) is 29.9 Å². The second kappa shape index (κ2) is 11.5. The second-order valence-electron chi connectivity index (χ2n) is 10.0. The topological polar surface area (TPSA) is 94.1 Å². The van der Waals surface area contributed by atoms with Crippen molar-refractivity contribution in [3.05, 3.63) is 82.6 Å². The van der Waals surface area contributed by atoms with Gasteiger partial charge in [-0.15, -0.1) is 0 Å². The van der Waals surface area contributed by atoms with E-state index >= 15 is 0 Å². The van der Waals surface area contributed by atoms with E-state index in [9.17, 15) is 14.7 Å². The number of ether oxygens (including phenoxy) is 3. The molecule has 0 aromatic heterocycles. The van der Waals surface area contributed by atoms with E-state index < -0.39 is 17.3 Å². The molecule has 2 aromatic carbocycles. The maximum atomic E-state index is 12.2. The molecule has 0 saturated carbocycles. The van der Waals surface area contributed by atoms with Crippen molar-refractivity contribution in [2.75, 3.05) is 6.61 Å². The molecule has 2 aromatic rings. The van der Waals surface area contributed by atoms with Crippen LogP contribution in [-0.4, -0.2) is 35.0 Å². The summed E-state index contributed by atoms with van der Waals surface area (Å²) in [4.78, 5) is 24.4. The monoisotopic (exact) mass is 507 g/mol. The third-order valence-corrected chi connectivity index (χ3v) is 6.08. The van der Waals surface area contributed by atoms with E-state index in [1.807, 2.05) is 83.2 Å². The van der Waals surface area contributed by atoms with Gasteiger partial charge in [-0.2, -0.15) is 0 Å². The molecule has 0 bridgehead atoms. The number of hydrogen-bond acceptors (Lipinski definition) is 6.